The molecule has 2 atom stereocenters. The zero-order chi connectivity index (χ0) is 20.6. The standard InChI is InChI=1S/C21H26ClN5O2/c22-16-6-2-1-5-15(16)11-18(27-21(29)17-7-3-4-10-24-17)20(28)26-13-14-8-9-19(23)25-12-14/h1-2,5-6,8-9,12,17-18,24H,3-4,7,10-11,13H2,(H2,23,25)(H,26,28)(H,27,29)/t17-,18+/m0/s1. The fourth-order valence-electron chi connectivity index (χ4n) is 3.29. The van der Waals surface area contributed by atoms with Crippen LogP contribution in [0.4, 0.5) is 5.82 Å². The number of nitrogens with one attached hydrogen (secondary N) is 3. The monoisotopic (exact) mass is 415 g/mol. The minimum Gasteiger partial charge on any atom is -0.384 e. The second kappa shape index (κ2) is 10.2. The number of pyridine rings is 1. The maximum absolute atomic E-state index is 12.9. The summed E-state index contributed by atoms with van der Waals surface area (Å²) in [5, 5.41) is 9.55. The van der Waals surface area contributed by atoms with Crippen LogP contribution in [0, 0.1) is 0 Å². The number of nitrogens with two attached hydrogens (primary N) is 1. The van der Waals surface area contributed by atoms with Gasteiger partial charge in [-0.05, 0) is 42.6 Å². The van der Waals surface area contributed by atoms with Crippen LogP contribution < -0.4 is 21.7 Å². The lowest BCUT2D eigenvalue weighted by Crippen LogP contribution is -2.54. The smallest absolute Gasteiger partial charge is 0.243 e. The van der Waals surface area contributed by atoms with E-state index in [0.717, 1.165) is 36.9 Å². The Bertz CT molecular complexity index is 837. The highest BCUT2D eigenvalue weighted by molar-refractivity contribution is 6.31. The third kappa shape index (κ3) is 6.17. The lowest BCUT2D eigenvalue weighted by Gasteiger charge is -2.26. The third-order valence-electron chi connectivity index (χ3n) is 4.96. The van der Waals surface area contributed by atoms with Crippen molar-refractivity contribution in [2.24, 2.45) is 0 Å². The van der Waals surface area contributed by atoms with Gasteiger partial charge in [0.2, 0.25) is 11.8 Å². The van der Waals surface area contributed by atoms with Crippen LogP contribution in [0.2, 0.25) is 5.02 Å². The minimum absolute atomic E-state index is 0.161. The Balaban J connectivity index is 1.68. The first-order valence-electron chi connectivity index (χ1n) is 9.78. The van der Waals surface area contributed by atoms with Crippen LogP contribution in [-0.4, -0.2) is 35.4 Å². The molecule has 0 spiro atoms. The molecule has 0 bridgehead atoms. The van der Waals surface area contributed by atoms with Crippen molar-refractivity contribution in [2.45, 2.75) is 44.3 Å². The Morgan fingerprint density at radius 3 is 2.76 bits per heavy atom. The van der Waals surface area contributed by atoms with E-state index in [9.17, 15) is 9.59 Å². The van der Waals surface area contributed by atoms with Crippen LogP contribution in [0.25, 0.3) is 0 Å². The molecule has 0 saturated carbocycles. The lowest BCUT2D eigenvalue weighted by molar-refractivity contribution is -0.130. The van der Waals surface area contributed by atoms with Gasteiger partial charge < -0.3 is 21.7 Å². The van der Waals surface area contributed by atoms with E-state index in [1.54, 1.807) is 24.4 Å². The molecule has 154 valence electrons. The summed E-state index contributed by atoms with van der Waals surface area (Å²) < 4.78 is 0. The molecule has 1 aromatic heterocycles. The van der Waals surface area contributed by atoms with Crippen molar-refractivity contribution in [3.8, 4) is 0 Å². The van der Waals surface area contributed by atoms with E-state index < -0.39 is 6.04 Å². The summed E-state index contributed by atoms with van der Waals surface area (Å²) in [6, 6.07) is 9.81. The molecule has 7 nitrogen and oxygen atoms in total. The molecule has 1 fully saturated rings. The Morgan fingerprint density at radius 2 is 2.07 bits per heavy atom. The molecule has 1 aromatic carbocycles. The van der Waals surface area contributed by atoms with Gasteiger partial charge in [0.1, 0.15) is 11.9 Å². The van der Waals surface area contributed by atoms with Crippen molar-refractivity contribution in [3.05, 3.63) is 58.7 Å². The average Bonchev–Trinajstić information content (AvgIpc) is 2.74. The van der Waals surface area contributed by atoms with Gasteiger partial charge in [-0.1, -0.05) is 42.3 Å². The number of aromatic nitrogens is 1. The first kappa shape index (κ1) is 21.1. The van der Waals surface area contributed by atoms with Crippen molar-refractivity contribution in [1.29, 1.82) is 0 Å². The number of carbonyl (C=O) groups is 2. The number of anilines is 1. The number of hydrogen-bond donors (Lipinski definition) is 4. The minimum atomic E-state index is -0.729. The first-order valence-corrected chi connectivity index (χ1v) is 10.2. The Morgan fingerprint density at radius 1 is 1.24 bits per heavy atom. The summed E-state index contributed by atoms with van der Waals surface area (Å²) >= 11 is 6.27. The van der Waals surface area contributed by atoms with Crippen molar-refractivity contribution in [2.75, 3.05) is 12.3 Å². The third-order valence-corrected chi connectivity index (χ3v) is 5.32. The molecule has 1 aliphatic rings. The van der Waals surface area contributed by atoms with Crippen molar-refractivity contribution in [1.82, 2.24) is 20.9 Å². The summed E-state index contributed by atoms with van der Waals surface area (Å²) in [5.74, 6) is -0.0131. The van der Waals surface area contributed by atoms with E-state index in [0.29, 0.717) is 23.8 Å². The highest BCUT2D eigenvalue weighted by Crippen LogP contribution is 2.17. The normalized spacial score (nSPS) is 17.3. The number of piperidine rings is 1. The highest BCUT2D eigenvalue weighted by atomic mass is 35.5. The second-order valence-electron chi connectivity index (χ2n) is 7.17. The molecule has 3 rings (SSSR count). The Hall–Kier alpha value is -2.64. The number of benzene rings is 1. The van der Waals surface area contributed by atoms with Crippen LogP contribution in [0.3, 0.4) is 0 Å². The Kier molecular flexibility index (Phi) is 7.43. The van der Waals surface area contributed by atoms with Gasteiger partial charge in [0, 0.05) is 24.2 Å². The van der Waals surface area contributed by atoms with Gasteiger partial charge in [-0.2, -0.15) is 0 Å². The number of rotatable bonds is 7. The molecule has 1 saturated heterocycles. The van der Waals surface area contributed by atoms with E-state index in [1.165, 1.54) is 0 Å². The van der Waals surface area contributed by atoms with Gasteiger partial charge in [-0.25, -0.2) is 4.98 Å². The van der Waals surface area contributed by atoms with E-state index in [4.69, 9.17) is 17.3 Å². The number of nitrogens with zero attached hydrogens (tertiary/aromatic N) is 1. The van der Waals surface area contributed by atoms with Gasteiger partial charge in [0.25, 0.3) is 0 Å². The van der Waals surface area contributed by atoms with Crippen LogP contribution in [0.1, 0.15) is 30.4 Å². The zero-order valence-electron chi connectivity index (χ0n) is 16.2. The van der Waals surface area contributed by atoms with E-state index in [1.807, 2.05) is 18.2 Å². The molecule has 0 aliphatic carbocycles. The molecule has 2 aromatic rings. The molecular formula is C21H26ClN5O2. The predicted molar refractivity (Wildman–Crippen MR) is 113 cm³/mol. The maximum atomic E-state index is 12.9. The average molecular weight is 416 g/mol. The maximum Gasteiger partial charge on any atom is 0.243 e. The lowest BCUT2D eigenvalue weighted by atomic mass is 10.0. The van der Waals surface area contributed by atoms with Crippen LogP contribution in [0.5, 0.6) is 0 Å². The fourth-order valence-corrected chi connectivity index (χ4v) is 3.51. The second-order valence-corrected chi connectivity index (χ2v) is 7.58. The highest BCUT2D eigenvalue weighted by Gasteiger charge is 2.27. The first-order chi connectivity index (χ1) is 14.0. The summed E-state index contributed by atoms with van der Waals surface area (Å²) in [7, 11) is 0. The molecule has 0 unspecified atom stereocenters. The topological polar surface area (TPSA) is 109 Å². The van der Waals surface area contributed by atoms with Crippen molar-refractivity contribution >= 4 is 29.2 Å². The largest absolute Gasteiger partial charge is 0.384 e. The van der Waals surface area contributed by atoms with E-state index >= 15 is 0 Å². The molecule has 2 heterocycles. The fraction of sp³-hybridized carbons (Fsp3) is 0.381. The van der Waals surface area contributed by atoms with Gasteiger partial charge in [0.05, 0.1) is 6.04 Å². The number of halogens is 1. The summed E-state index contributed by atoms with van der Waals surface area (Å²) in [5.41, 5.74) is 7.22. The summed E-state index contributed by atoms with van der Waals surface area (Å²) in [6.07, 6.45) is 4.75. The molecule has 2 amide bonds. The molecule has 8 heteroatoms. The molecule has 5 N–H and O–H groups in total. The zero-order valence-corrected chi connectivity index (χ0v) is 16.9. The molecular weight excluding hydrogens is 390 g/mol. The molecule has 29 heavy (non-hydrogen) atoms. The van der Waals surface area contributed by atoms with Gasteiger partial charge in [-0.15, -0.1) is 0 Å². The quantitative estimate of drug-likeness (QED) is 0.551. The molecule has 1 aliphatic heterocycles. The summed E-state index contributed by atoms with van der Waals surface area (Å²) in [6.45, 7) is 1.10. The van der Waals surface area contributed by atoms with Gasteiger partial charge in [-0.3, -0.25) is 9.59 Å². The van der Waals surface area contributed by atoms with Crippen LogP contribution in [-0.2, 0) is 22.6 Å². The van der Waals surface area contributed by atoms with Gasteiger partial charge in [0.15, 0.2) is 0 Å². The van der Waals surface area contributed by atoms with E-state index in [2.05, 4.69) is 20.9 Å². The SMILES string of the molecule is Nc1ccc(CNC(=O)[C@@H](Cc2ccccc2Cl)NC(=O)[C@@H]2CCCCN2)cn1. The number of hydrogen-bond acceptors (Lipinski definition) is 5. The number of carbonyl (C=O) groups excluding carboxylic acids is 2. The Labute approximate surface area is 175 Å². The van der Waals surface area contributed by atoms with Gasteiger partial charge >= 0.3 is 0 Å². The molecule has 0 radical (unpaired) electrons. The van der Waals surface area contributed by atoms with Crippen LogP contribution >= 0.6 is 11.6 Å². The summed E-state index contributed by atoms with van der Waals surface area (Å²) in [4.78, 5) is 29.6. The van der Waals surface area contributed by atoms with E-state index in [-0.39, 0.29) is 17.9 Å². The van der Waals surface area contributed by atoms with Crippen molar-refractivity contribution in [3.63, 3.8) is 0 Å². The van der Waals surface area contributed by atoms with Crippen molar-refractivity contribution < 1.29 is 9.59 Å². The number of amides is 2. The predicted octanol–water partition coefficient (Wildman–Crippen LogP) is 1.80. The van der Waals surface area contributed by atoms with Crippen LogP contribution in [0.15, 0.2) is 42.6 Å². The number of nitrogen functional groups attached to an aromatic ring is 1.